The van der Waals surface area contributed by atoms with E-state index in [0.29, 0.717) is 28.4 Å². The first-order valence-electron chi connectivity index (χ1n) is 8.36. The second-order valence-electron chi connectivity index (χ2n) is 5.76. The van der Waals surface area contributed by atoms with Crippen LogP contribution in [0.25, 0.3) is 0 Å². The highest BCUT2D eigenvalue weighted by Gasteiger charge is 2.12. The van der Waals surface area contributed by atoms with Gasteiger partial charge in [0, 0.05) is 22.7 Å². The van der Waals surface area contributed by atoms with Crippen molar-refractivity contribution in [3.05, 3.63) is 58.6 Å². The number of halogens is 1. The Bertz CT molecular complexity index is 833. The van der Waals surface area contributed by atoms with E-state index in [-0.39, 0.29) is 24.9 Å². The van der Waals surface area contributed by atoms with Gasteiger partial charge >= 0.3 is 5.97 Å². The van der Waals surface area contributed by atoms with E-state index in [4.69, 9.17) is 21.1 Å². The monoisotopic (exact) mass is 389 g/mol. The van der Waals surface area contributed by atoms with Crippen molar-refractivity contribution >= 4 is 34.9 Å². The molecule has 0 saturated heterocycles. The number of esters is 1. The number of rotatable bonds is 8. The molecule has 0 aliphatic carbocycles. The number of hydrogen-bond donors (Lipinski definition) is 1. The van der Waals surface area contributed by atoms with Crippen molar-refractivity contribution in [3.63, 3.8) is 0 Å². The van der Waals surface area contributed by atoms with Crippen LogP contribution in [0.3, 0.4) is 0 Å². The molecular weight excluding hydrogens is 370 g/mol. The number of ketones is 1. The molecule has 1 N–H and O–H groups in total. The summed E-state index contributed by atoms with van der Waals surface area (Å²) in [6, 6.07) is 11.4. The molecule has 2 rings (SSSR count). The molecule has 1 amide bonds. The number of benzene rings is 2. The summed E-state index contributed by atoms with van der Waals surface area (Å²) in [5, 5.41) is 3.26. The molecular formula is C20H20ClNO5. The van der Waals surface area contributed by atoms with Crippen LogP contribution < -0.4 is 10.1 Å². The average Bonchev–Trinajstić information content (AvgIpc) is 2.65. The van der Waals surface area contributed by atoms with Gasteiger partial charge in [0.05, 0.1) is 0 Å². The molecule has 0 unspecified atom stereocenters. The lowest BCUT2D eigenvalue weighted by Crippen LogP contribution is -2.19. The van der Waals surface area contributed by atoms with Crippen LogP contribution in [0.15, 0.2) is 42.5 Å². The maximum atomic E-state index is 12.1. The summed E-state index contributed by atoms with van der Waals surface area (Å²) < 4.78 is 10.3. The molecule has 0 aliphatic heterocycles. The molecule has 7 heteroatoms. The Hall–Kier alpha value is -2.86. The molecule has 6 nitrogen and oxygen atoms in total. The number of amides is 1. The third-order valence-electron chi connectivity index (χ3n) is 3.66. The summed E-state index contributed by atoms with van der Waals surface area (Å²) >= 11 is 5.86. The summed E-state index contributed by atoms with van der Waals surface area (Å²) in [6.45, 7) is 2.86. The van der Waals surface area contributed by atoms with Gasteiger partial charge in [0.15, 0.2) is 19.0 Å². The largest absolute Gasteiger partial charge is 0.482 e. The predicted octanol–water partition coefficient (Wildman–Crippen LogP) is 3.80. The van der Waals surface area contributed by atoms with E-state index in [1.165, 1.54) is 0 Å². The fraction of sp³-hybridized carbons (Fsp3) is 0.250. The summed E-state index contributed by atoms with van der Waals surface area (Å²) in [5.74, 6) is -0.588. The van der Waals surface area contributed by atoms with Crippen LogP contribution in [0, 0.1) is 6.92 Å². The van der Waals surface area contributed by atoms with Gasteiger partial charge in [-0.15, -0.1) is 0 Å². The Balaban J connectivity index is 1.80. The first-order chi connectivity index (χ1) is 12.9. The number of aryl methyl sites for hydroxylation is 1. The summed E-state index contributed by atoms with van der Waals surface area (Å²) in [5.41, 5.74) is 1.77. The van der Waals surface area contributed by atoms with Gasteiger partial charge in [-0.25, -0.2) is 4.79 Å². The van der Waals surface area contributed by atoms with Gasteiger partial charge in [-0.3, -0.25) is 9.59 Å². The van der Waals surface area contributed by atoms with Crippen molar-refractivity contribution in [1.29, 1.82) is 0 Å². The Morgan fingerprint density at radius 1 is 1.04 bits per heavy atom. The average molecular weight is 390 g/mol. The summed E-state index contributed by atoms with van der Waals surface area (Å²) in [7, 11) is 0. The van der Waals surface area contributed by atoms with Crippen molar-refractivity contribution in [3.8, 4) is 5.75 Å². The van der Waals surface area contributed by atoms with Gasteiger partial charge in [0.2, 0.25) is 5.91 Å². The third kappa shape index (κ3) is 6.42. The van der Waals surface area contributed by atoms with E-state index in [1.807, 2.05) is 6.92 Å². The van der Waals surface area contributed by atoms with Crippen molar-refractivity contribution in [2.24, 2.45) is 0 Å². The molecule has 0 saturated carbocycles. The zero-order chi connectivity index (χ0) is 19.8. The normalized spacial score (nSPS) is 10.2. The van der Waals surface area contributed by atoms with Gasteiger partial charge in [-0.1, -0.05) is 18.5 Å². The van der Waals surface area contributed by atoms with Gasteiger partial charge < -0.3 is 14.8 Å². The number of ether oxygens (including phenoxy) is 2. The van der Waals surface area contributed by atoms with Crippen molar-refractivity contribution in [1.82, 2.24) is 0 Å². The fourth-order valence-corrected chi connectivity index (χ4v) is 2.40. The van der Waals surface area contributed by atoms with E-state index in [2.05, 4.69) is 5.32 Å². The quantitative estimate of drug-likeness (QED) is 0.548. The molecule has 0 atom stereocenters. The van der Waals surface area contributed by atoms with Crippen molar-refractivity contribution < 1.29 is 23.9 Å². The minimum absolute atomic E-state index is 0.112. The van der Waals surface area contributed by atoms with Gasteiger partial charge in [-0.05, 0) is 55.0 Å². The second kappa shape index (κ2) is 9.73. The fourth-order valence-electron chi connectivity index (χ4n) is 2.17. The van der Waals surface area contributed by atoms with E-state index in [0.717, 1.165) is 5.56 Å². The minimum Gasteiger partial charge on any atom is -0.482 e. The molecule has 0 aliphatic rings. The molecule has 2 aromatic rings. The van der Waals surface area contributed by atoms with Crippen LogP contribution in [0.1, 0.15) is 29.3 Å². The van der Waals surface area contributed by atoms with E-state index in [9.17, 15) is 14.4 Å². The molecule has 0 aromatic heterocycles. The van der Waals surface area contributed by atoms with Crippen LogP contribution in [0.2, 0.25) is 5.02 Å². The van der Waals surface area contributed by atoms with Crippen LogP contribution >= 0.6 is 11.6 Å². The second-order valence-corrected chi connectivity index (χ2v) is 6.20. The van der Waals surface area contributed by atoms with Gasteiger partial charge in [0.1, 0.15) is 5.75 Å². The standard InChI is InChI=1S/C20H20ClNO5/c1-3-19(24)22-16-7-4-14(5-8-16)17(23)11-27-20(25)12-26-18-9-6-15(21)10-13(18)2/h4-10H,3,11-12H2,1-2H3,(H,22,24). The lowest BCUT2D eigenvalue weighted by molar-refractivity contribution is -0.144. The Kier molecular flexibility index (Phi) is 7.37. The van der Waals surface area contributed by atoms with E-state index in [1.54, 1.807) is 49.4 Å². The molecule has 0 radical (unpaired) electrons. The lowest BCUT2D eigenvalue weighted by atomic mass is 10.1. The molecule has 0 bridgehead atoms. The maximum absolute atomic E-state index is 12.1. The summed E-state index contributed by atoms with van der Waals surface area (Å²) in [4.78, 5) is 35.2. The number of nitrogens with one attached hydrogen (secondary N) is 1. The number of anilines is 1. The molecule has 0 spiro atoms. The smallest absolute Gasteiger partial charge is 0.344 e. The van der Waals surface area contributed by atoms with Crippen LogP contribution in [0.5, 0.6) is 5.75 Å². The number of carbonyl (C=O) groups is 3. The Morgan fingerprint density at radius 2 is 1.74 bits per heavy atom. The van der Waals surface area contributed by atoms with E-state index < -0.39 is 5.97 Å². The molecule has 142 valence electrons. The SMILES string of the molecule is CCC(=O)Nc1ccc(C(=O)COC(=O)COc2ccc(Cl)cc2C)cc1. The van der Waals surface area contributed by atoms with Gasteiger partial charge in [0.25, 0.3) is 0 Å². The Morgan fingerprint density at radius 3 is 2.37 bits per heavy atom. The van der Waals surface area contributed by atoms with Crippen molar-refractivity contribution in [2.75, 3.05) is 18.5 Å². The maximum Gasteiger partial charge on any atom is 0.344 e. The molecule has 27 heavy (non-hydrogen) atoms. The number of Topliss-reactive ketones (excluding diaryl/α,β-unsaturated/α-hetero) is 1. The molecule has 0 fully saturated rings. The highest BCUT2D eigenvalue weighted by atomic mass is 35.5. The van der Waals surface area contributed by atoms with Crippen molar-refractivity contribution in [2.45, 2.75) is 20.3 Å². The summed E-state index contributed by atoms with van der Waals surface area (Å²) in [6.07, 6.45) is 0.369. The van der Waals surface area contributed by atoms with Crippen LogP contribution in [-0.2, 0) is 14.3 Å². The molecule has 0 heterocycles. The third-order valence-corrected chi connectivity index (χ3v) is 3.89. The first-order valence-corrected chi connectivity index (χ1v) is 8.74. The first kappa shape index (κ1) is 20.5. The predicted molar refractivity (Wildman–Crippen MR) is 102 cm³/mol. The molecule has 2 aromatic carbocycles. The van der Waals surface area contributed by atoms with E-state index >= 15 is 0 Å². The van der Waals surface area contributed by atoms with Crippen LogP contribution in [-0.4, -0.2) is 30.9 Å². The lowest BCUT2D eigenvalue weighted by Gasteiger charge is -2.09. The van der Waals surface area contributed by atoms with Crippen LogP contribution in [0.4, 0.5) is 5.69 Å². The highest BCUT2D eigenvalue weighted by Crippen LogP contribution is 2.21. The zero-order valence-electron chi connectivity index (χ0n) is 15.1. The number of carbonyl (C=O) groups excluding carboxylic acids is 3. The zero-order valence-corrected chi connectivity index (χ0v) is 15.8. The topological polar surface area (TPSA) is 81.7 Å². The minimum atomic E-state index is -0.649. The Labute approximate surface area is 162 Å². The van der Waals surface area contributed by atoms with Gasteiger partial charge in [-0.2, -0.15) is 0 Å². The number of hydrogen-bond acceptors (Lipinski definition) is 5. The highest BCUT2D eigenvalue weighted by molar-refractivity contribution is 6.30.